The van der Waals surface area contributed by atoms with Crippen LogP contribution in [0.1, 0.15) is 55.2 Å². The second-order valence-corrected chi connectivity index (χ2v) is 5.98. The Labute approximate surface area is 136 Å². The van der Waals surface area contributed by atoms with Crippen molar-refractivity contribution in [1.82, 2.24) is 4.98 Å². The van der Waals surface area contributed by atoms with Crippen molar-refractivity contribution < 1.29 is 9.21 Å². The lowest BCUT2D eigenvalue weighted by Gasteiger charge is -2.21. The molecule has 0 N–H and O–H groups in total. The van der Waals surface area contributed by atoms with Gasteiger partial charge in [-0.2, -0.15) is 0 Å². The molecule has 2 rings (SSSR count). The highest BCUT2D eigenvalue weighted by atomic mass is 35.5. The zero-order valence-electron chi connectivity index (χ0n) is 13.4. The summed E-state index contributed by atoms with van der Waals surface area (Å²) in [6.45, 7) is 8.37. The number of carbonyl (C=O) groups is 1. The van der Waals surface area contributed by atoms with Gasteiger partial charge in [0.15, 0.2) is 11.6 Å². The van der Waals surface area contributed by atoms with Crippen LogP contribution in [0.4, 0.5) is 5.69 Å². The summed E-state index contributed by atoms with van der Waals surface area (Å²) < 4.78 is 5.60. The van der Waals surface area contributed by atoms with E-state index < -0.39 is 0 Å². The molecule has 4 nitrogen and oxygen atoms in total. The zero-order chi connectivity index (χ0) is 16.3. The number of aromatic nitrogens is 1. The van der Waals surface area contributed by atoms with Crippen molar-refractivity contribution in [2.24, 2.45) is 0 Å². The number of carbonyl (C=O) groups excluding carboxylic acids is 1. The standard InChI is InChI=1S/C17H21ClN2O2/c1-5-9-20(14-8-6-7-13(18)10-14)17(21)15-12(4)22-16(19-15)11(2)3/h6-8,10-11H,5,9H2,1-4H3. The molecule has 0 fully saturated rings. The summed E-state index contributed by atoms with van der Waals surface area (Å²) in [4.78, 5) is 18.9. The molecule has 0 saturated heterocycles. The van der Waals surface area contributed by atoms with Gasteiger partial charge in [-0.15, -0.1) is 0 Å². The van der Waals surface area contributed by atoms with Crippen LogP contribution in [0.25, 0.3) is 0 Å². The van der Waals surface area contributed by atoms with E-state index in [-0.39, 0.29) is 11.8 Å². The van der Waals surface area contributed by atoms with Crippen LogP contribution in [0, 0.1) is 6.92 Å². The van der Waals surface area contributed by atoms with Crippen LogP contribution in [-0.2, 0) is 0 Å². The first kappa shape index (κ1) is 16.6. The quantitative estimate of drug-likeness (QED) is 0.793. The Morgan fingerprint density at radius 1 is 1.41 bits per heavy atom. The molecule has 0 aliphatic rings. The SMILES string of the molecule is CCCN(C(=O)c1nc(C(C)C)oc1C)c1cccc(Cl)c1. The number of nitrogens with zero attached hydrogens (tertiary/aromatic N) is 2. The number of amides is 1. The van der Waals surface area contributed by atoms with E-state index in [2.05, 4.69) is 4.98 Å². The molecule has 0 aliphatic heterocycles. The number of halogens is 1. The number of benzene rings is 1. The van der Waals surface area contributed by atoms with Gasteiger partial charge in [-0.1, -0.05) is 38.4 Å². The van der Waals surface area contributed by atoms with E-state index in [4.69, 9.17) is 16.0 Å². The summed E-state index contributed by atoms with van der Waals surface area (Å²) in [7, 11) is 0. The smallest absolute Gasteiger partial charge is 0.280 e. The van der Waals surface area contributed by atoms with E-state index >= 15 is 0 Å². The number of rotatable bonds is 5. The van der Waals surface area contributed by atoms with Gasteiger partial charge in [0.05, 0.1) is 0 Å². The first-order valence-corrected chi connectivity index (χ1v) is 7.86. The van der Waals surface area contributed by atoms with Gasteiger partial charge in [-0.05, 0) is 31.5 Å². The Morgan fingerprint density at radius 2 is 2.14 bits per heavy atom. The van der Waals surface area contributed by atoms with E-state index in [1.54, 1.807) is 24.0 Å². The highest BCUT2D eigenvalue weighted by Gasteiger charge is 2.24. The molecule has 0 radical (unpaired) electrons. The summed E-state index contributed by atoms with van der Waals surface area (Å²) in [5.41, 5.74) is 1.14. The highest BCUT2D eigenvalue weighted by molar-refractivity contribution is 6.31. The first-order valence-electron chi connectivity index (χ1n) is 7.48. The summed E-state index contributed by atoms with van der Waals surface area (Å²) in [5, 5.41) is 0.603. The monoisotopic (exact) mass is 320 g/mol. The predicted octanol–water partition coefficient (Wildman–Crippen LogP) is 4.82. The van der Waals surface area contributed by atoms with Crippen molar-refractivity contribution in [2.45, 2.75) is 40.0 Å². The third-order valence-electron chi connectivity index (χ3n) is 3.32. The van der Waals surface area contributed by atoms with Crippen molar-refractivity contribution in [2.75, 3.05) is 11.4 Å². The van der Waals surface area contributed by atoms with Crippen molar-refractivity contribution in [3.05, 3.63) is 46.6 Å². The average Bonchev–Trinajstić information content (AvgIpc) is 2.86. The fourth-order valence-corrected chi connectivity index (χ4v) is 2.39. The van der Waals surface area contributed by atoms with Gasteiger partial charge in [0.2, 0.25) is 0 Å². The molecular formula is C17H21ClN2O2. The minimum absolute atomic E-state index is 0.144. The number of hydrogen-bond acceptors (Lipinski definition) is 3. The van der Waals surface area contributed by atoms with Crippen molar-refractivity contribution in [3.8, 4) is 0 Å². The zero-order valence-corrected chi connectivity index (χ0v) is 14.1. The van der Waals surface area contributed by atoms with E-state index in [0.717, 1.165) is 12.1 Å². The number of aryl methyl sites for hydroxylation is 1. The van der Waals surface area contributed by atoms with E-state index in [9.17, 15) is 4.79 Å². The molecule has 0 bridgehead atoms. The maximum Gasteiger partial charge on any atom is 0.280 e. The minimum Gasteiger partial charge on any atom is -0.445 e. The Morgan fingerprint density at radius 3 is 2.68 bits per heavy atom. The molecule has 0 unspecified atom stereocenters. The normalized spacial score (nSPS) is 11.0. The maximum atomic E-state index is 12.9. The molecule has 0 spiro atoms. The fourth-order valence-electron chi connectivity index (χ4n) is 2.21. The third kappa shape index (κ3) is 3.50. The van der Waals surface area contributed by atoms with Crippen molar-refractivity contribution in [1.29, 1.82) is 0 Å². The summed E-state index contributed by atoms with van der Waals surface area (Å²) in [5.74, 6) is 1.13. The number of anilines is 1. The van der Waals surface area contributed by atoms with Gasteiger partial charge < -0.3 is 9.32 Å². The van der Waals surface area contributed by atoms with Crippen LogP contribution in [0.3, 0.4) is 0 Å². The molecular weight excluding hydrogens is 300 g/mol. The second kappa shape index (κ2) is 6.97. The van der Waals surface area contributed by atoms with Gasteiger partial charge in [0.25, 0.3) is 5.91 Å². The average molecular weight is 321 g/mol. The van der Waals surface area contributed by atoms with Gasteiger partial charge in [0.1, 0.15) is 5.76 Å². The Hall–Kier alpha value is -1.81. The van der Waals surface area contributed by atoms with Crippen molar-refractivity contribution in [3.63, 3.8) is 0 Å². The Kier molecular flexibility index (Phi) is 5.24. The van der Waals surface area contributed by atoms with Gasteiger partial charge in [-0.3, -0.25) is 4.79 Å². The Balaban J connectivity index is 2.38. The van der Waals surface area contributed by atoms with Crippen LogP contribution in [0.2, 0.25) is 5.02 Å². The molecule has 118 valence electrons. The van der Waals surface area contributed by atoms with E-state index in [1.807, 2.05) is 32.9 Å². The molecule has 1 aromatic carbocycles. The number of oxazole rings is 1. The topological polar surface area (TPSA) is 46.3 Å². The van der Waals surface area contributed by atoms with Crippen LogP contribution in [0.5, 0.6) is 0 Å². The molecule has 0 aliphatic carbocycles. The second-order valence-electron chi connectivity index (χ2n) is 5.55. The third-order valence-corrected chi connectivity index (χ3v) is 3.56. The van der Waals surface area contributed by atoms with Crippen LogP contribution >= 0.6 is 11.6 Å². The van der Waals surface area contributed by atoms with Crippen LogP contribution in [-0.4, -0.2) is 17.4 Å². The predicted molar refractivity (Wildman–Crippen MR) is 88.7 cm³/mol. The summed E-state index contributed by atoms with van der Waals surface area (Å²) in [6.07, 6.45) is 0.839. The molecule has 22 heavy (non-hydrogen) atoms. The molecule has 1 aromatic heterocycles. The van der Waals surface area contributed by atoms with E-state index in [1.165, 1.54) is 0 Å². The molecule has 1 amide bonds. The molecule has 5 heteroatoms. The first-order chi connectivity index (χ1) is 10.4. The molecule has 2 aromatic rings. The van der Waals surface area contributed by atoms with Crippen LogP contribution in [0.15, 0.2) is 28.7 Å². The molecule has 0 saturated carbocycles. The van der Waals surface area contributed by atoms with Crippen LogP contribution < -0.4 is 4.90 Å². The van der Waals surface area contributed by atoms with Crippen molar-refractivity contribution >= 4 is 23.2 Å². The summed E-state index contributed by atoms with van der Waals surface area (Å²) >= 11 is 6.04. The Bertz CT molecular complexity index is 664. The van der Waals surface area contributed by atoms with Gasteiger partial charge in [-0.25, -0.2) is 4.98 Å². The fraction of sp³-hybridized carbons (Fsp3) is 0.412. The lowest BCUT2D eigenvalue weighted by atomic mass is 10.2. The lowest BCUT2D eigenvalue weighted by molar-refractivity contribution is 0.0981. The van der Waals surface area contributed by atoms with Gasteiger partial charge >= 0.3 is 0 Å². The largest absolute Gasteiger partial charge is 0.445 e. The van der Waals surface area contributed by atoms with E-state index in [0.29, 0.717) is 28.9 Å². The maximum absolute atomic E-state index is 12.9. The van der Waals surface area contributed by atoms with Gasteiger partial charge in [0, 0.05) is 23.2 Å². The highest BCUT2D eigenvalue weighted by Crippen LogP contribution is 2.24. The lowest BCUT2D eigenvalue weighted by Crippen LogP contribution is -2.32. The molecule has 1 heterocycles. The minimum atomic E-state index is -0.155. The summed E-state index contributed by atoms with van der Waals surface area (Å²) in [6, 6.07) is 7.28. The number of hydrogen-bond donors (Lipinski definition) is 0. The molecule has 0 atom stereocenters.